The summed E-state index contributed by atoms with van der Waals surface area (Å²) in [7, 11) is 0. The summed E-state index contributed by atoms with van der Waals surface area (Å²) in [5.41, 5.74) is 4.79. The number of guanidine groups is 1. The lowest BCUT2D eigenvalue weighted by atomic mass is 10.1. The molecule has 0 radical (unpaired) electrons. The molecule has 0 saturated heterocycles. The quantitative estimate of drug-likeness (QED) is 0.678. The first-order valence-corrected chi connectivity index (χ1v) is 11.2. The summed E-state index contributed by atoms with van der Waals surface area (Å²) in [5.74, 6) is 0.842. The fourth-order valence-electron chi connectivity index (χ4n) is 4.48. The Kier molecular flexibility index (Phi) is 5.34. The molecule has 31 heavy (non-hydrogen) atoms. The molecule has 2 aromatic rings. The molecule has 6 nitrogen and oxygen atoms in total. The van der Waals surface area contributed by atoms with Crippen LogP contribution < -0.4 is 0 Å². The molecule has 0 bridgehead atoms. The molecule has 0 N–H and O–H groups in total. The number of fused-ring (bicyclic) bond motifs is 2. The number of carbonyl (C=O) groups is 1. The molecule has 2 aromatic carbocycles. The highest BCUT2D eigenvalue weighted by molar-refractivity contribution is 9.10. The second-order valence-electron chi connectivity index (χ2n) is 8.09. The van der Waals surface area contributed by atoms with Gasteiger partial charge in [-0.05, 0) is 41.8 Å². The van der Waals surface area contributed by atoms with E-state index >= 15 is 0 Å². The molecule has 0 aromatic heterocycles. The molecular formula is C24H22BrN5O. The summed E-state index contributed by atoms with van der Waals surface area (Å²) < 4.78 is 1.02. The number of hydrogen-bond acceptors (Lipinski definition) is 5. The third kappa shape index (κ3) is 3.89. The van der Waals surface area contributed by atoms with Gasteiger partial charge in [-0.15, -0.1) is 0 Å². The lowest BCUT2D eigenvalue weighted by molar-refractivity contribution is -0.125. The van der Waals surface area contributed by atoms with Gasteiger partial charge >= 0.3 is 0 Å². The first-order valence-electron chi connectivity index (χ1n) is 10.4. The highest BCUT2D eigenvalue weighted by atomic mass is 79.9. The summed E-state index contributed by atoms with van der Waals surface area (Å²) in [6.45, 7) is 4.21. The standard InChI is InChI=1S/C24H22BrN5O/c25-20-7-5-17(6-8-20)14-30-23(31)21-15-28(13-19-4-1-3-18(11-19)12-26)16-22(21)29-10-2-9-27-24(29)30/h1,3-8,11H,2,9-10,13-16H2. The van der Waals surface area contributed by atoms with E-state index in [1.54, 1.807) is 0 Å². The zero-order valence-corrected chi connectivity index (χ0v) is 18.7. The zero-order chi connectivity index (χ0) is 21.4. The van der Waals surface area contributed by atoms with Gasteiger partial charge in [0.15, 0.2) is 0 Å². The monoisotopic (exact) mass is 475 g/mol. The molecule has 0 saturated carbocycles. The van der Waals surface area contributed by atoms with Crippen LogP contribution in [0.5, 0.6) is 0 Å². The molecule has 0 spiro atoms. The van der Waals surface area contributed by atoms with Crippen molar-refractivity contribution in [2.24, 2.45) is 4.99 Å². The van der Waals surface area contributed by atoms with E-state index in [2.05, 4.69) is 31.8 Å². The van der Waals surface area contributed by atoms with E-state index in [-0.39, 0.29) is 5.91 Å². The largest absolute Gasteiger partial charge is 0.314 e. The van der Waals surface area contributed by atoms with Crippen molar-refractivity contribution in [3.8, 4) is 6.07 Å². The maximum atomic E-state index is 13.5. The van der Waals surface area contributed by atoms with Gasteiger partial charge in [-0.2, -0.15) is 5.26 Å². The first-order chi connectivity index (χ1) is 15.1. The molecule has 7 heteroatoms. The van der Waals surface area contributed by atoms with Crippen LogP contribution in [-0.4, -0.2) is 52.7 Å². The highest BCUT2D eigenvalue weighted by Gasteiger charge is 2.41. The van der Waals surface area contributed by atoms with Crippen molar-refractivity contribution in [1.82, 2.24) is 14.7 Å². The van der Waals surface area contributed by atoms with Crippen LogP contribution >= 0.6 is 15.9 Å². The Morgan fingerprint density at radius 2 is 1.90 bits per heavy atom. The number of nitrogens with zero attached hydrogens (tertiary/aromatic N) is 5. The number of benzene rings is 2. The number of carbonyl (C=O) groups excluding carboxylic acids is 1. The van der Waals surface area contributed by atoms with Gasteiger partial charge in [0, 0.05) is 42.9 Å². The Morgan fingerprint density at radius 1 is 1.06 bits per heavy atom. The Labute approximate surface area is 190 Å². The minimum Gasteiger partial charge on any atom is -0.314 e. The van der Waals surface area contributed by atoms with E-state index in [0.29, 0.717) is 25.2 Å². The van der Waals surface area contributed by atoms with E-state index in [0.717, 1.165) is 58.9 Å². The number of nitriles is 1. The number of amides is 1. The number of halogens is 1. The maximum Gasteiger partial charge on any atom is 0.259 e. The third-order valence-electron chi connectivity index (χ3n) is 5.92. The molecule has 0 fully saturated rings. The fourth-order valence-corrected chi connectivity index (χ4v) is 4.74. The highest BCUT2D eigenvalue weighted by Crippen LogP contribution is 2.32. The van der Waals surface area contributed by atoms with Gasteiger partial charge < -0.3 is 4.90 Å². The van der Waals surface area contributed by atoms with Crippen LogP contribution in [0.2, 0.25) is 0 Å². The minimum atomic E-state index is 0.0584. The smallest absolute Gasteiger partial charge is 0.259 e. The van der Waals surface area contributed by atoms with Crippen LogP contribution in [0.25, 0.3) is 0 Å². The van der Waals surface area contributed by atoms with Gasteiger partial charge in [-0.1, -0.05) is 40.2 Å². The van der Waals surface area contributed by atoms with Crippen LogP contribution in [0.4, 0.5) is 0 Å². The topological polar surface area (TPSA) is 62.9 Å². The molecule has 156 valence electrons. The van der Waals surface area contributed by atoms with Gasteiger partial charge in [0.05, 0.1) is 23.8 Å². The van der Waals surface area contributed by atoms with Gasteiger partial charge in [-0.3, -0.25) is 19.6 Å². The van der Waals surface area contributed by atoms with Crippen molar-refractivity contribution in [2.75, 3.05) is 26.2 Å². The molecule has 0 aliphatic carbocycles. The SMILES string of the molecule is N#Cc1cccc(CN2CC3=C(C2)N2CCCN=C2N(Cc2ccc(Br)cc2)C3=O)c1. The van der Waals surface area contributed by atoms with Gasteiger partial charge in [0.2, 0.25) is 5.96 Å². The predicted octanol–water partition coefficient (Wildman–Crippen LogP) is 3.49. The molecule has 5 rings (SSSR count). The van der Waals surface area contributed by atoms with Gasteiger partial charge in [0.25, 0.3) is 5.91 Å². The van der Waals surface area contributed by atoms with Crippen molar-refractivity contribution in [2.45, 2.75) is 19.5 Å². The lowest BCUT2D eigenvalue weighted by Gasteiger charge is -2.40. The lowest BCUT2D eigenvalue weighted by Crippen LogP contribution is -2.53. The average Bonchev–Trinajstić information content (AvgIpc) is 3.22. The summed E-state index contributed by atoms with van der Waals surface area (Å²) in [4.78, 5) is 24.6. The van der Waals surface area contributed by atoms with Crippen molar-refractivity contribution in [3.63, 3.8) is 0 Å². The Bertz CT molecular complexity index is 1130. The van der Waals surface area contributed by atoms with E-state index < -0.39 is 0 Å². The van der Waals surface area contributed by atoms with Crippen LogP contribution in [0.3, 0.4) is 0 Å². The molecule has 3 aliphatic heterocycles. The zero-order valence-electron chi connectivity index (χ0n) is 17.1. The van der Waals surface area contributed by atoms with Crippen molar-refractivity contribution in [1.29, 1.82) is 5.26 Å². The van der Waals surface area contributed by atoms with E-state index in [9.17, 15) is 10.1 Å². The molecule has 3 aliphatic rings. The summed E-state index contributed by atoms with van der Waals surface area (Å²) in [6, 6.07) is 18.0. The van der Waals surface area contributed by atoms with Crippen molar-refractivity contribution in [3.05, 3.63) is 81.0 Å². The van der Waals surface area contributed by atoms with Gasteiger partial charge in [0.1, 0.15) is 0 Å². The first kappa shape index (κ1) is 20.0. The summed E-state index contributed by atoms with van der Waals surface area (Å²) in [6.07, 6.45) is 0.991. The minimum absolute atomic E-state index is 0.0584. The third-order valence-corrected chi connectivity index (χ3v) is 6.45. The average molecular weight is 476 g/mol. The second-order valence-corrected chi connectivity index (χ2v) is 9.00. The Balaban J connectivity index is 1.39. The van der Waals surface area contributed by atoms with E-state index in [1.165, 1.54) is 0 Å². The maximum absolute atomic E-state index is 13.5. The number of hydrogen-bond donors (Lipinski definition) is 0. The number of rotatable bonds is 4. The predicted molar refractivity (Wildman–Crippen MR) is 122 cm³/mol. The van der Waals surface area contributed by atoms with E-state index in [1.807, 2.05) is 53.4 Å². The van der Waals surface area contributed by atoms with Gasteiger partial charge in [-0.25, -0.2) is 0 Å². The van der Waals surface area contributed by atoms with Crippen LogP contribution in [0, 0.1) is 11.3 Å². The van der Waals surface area contributed by atoms with Crippen molar-refractivity contribution >= 4 is 27.8 Å². The molecule has 3 heterocycles. The fraction of sp³-hybridized carbons (Fsp3) is 0.292. The molecular weight excluding hydrogens is 454 g/mol. The van der Waals surface area contributed by atoms with Crippen LogP contribution in [0.15, 0.2) is 69.3 Å². The molecule has 0 atom stereocenters. The van der Waals surface area contributed by atoms with E-state index in [4.69, 9.17) is 4.99 Å². The normalized spacial score (nSPS) is 18.6. The van der Waals surface area contributed by atoms with Crippen LogP contribution in [-0.2, 0) is 17.9 Å². The number of aliphatic imine (C=N–C) groups is 1. The Hall–Kier alpha value is -2.95. The Morgan fingerprint density at radius 3 is 2.71 bits per heavy atom. The summed E-state index contributed by atoms with van der Waals surface area (Å²) in [5, 5.41) is 9.18. The van der Waals surface area contributed by atoms with Crippen molar-refractivity contribution < 1.29 is 4.79 Å². The molecule has 1 amide bonds. The molecule has 0 unspecified atom stereocenters. The summed E-state index contributed by atoms with van der Waals surface area (Å²) >= 11 is 3.47. The van der Waals surface area contributed by atoms with Crippen LogP contribution in [0.1, 0.15) is 23.1 Å². The second kappa shape index (κ2) is 8.29.